The van der Waals surface area contributed by atoms with E-state index in [0.29, 0.717) is 26.6 Å². The zero-order chi connectivity index (χ0) is 13.1. The van der Waals surface area contributed by atoms with Crippen molar-refractivity contribution in [2.75, 3.05) is 11.1 Å². The molecule has 1 aromatic heterocycles. The fraction of sp³-hybridized carbons (Fsp3) is 0. The molecule has 0 aliphatic heterocycles. The van der Waals surface area contributed by atoms with E-state index in [1.165, 1.54) is 6.20 Å². The monoisotopic (exact) mass is 325 g/mol. The molecule has 92 valence electrons. The number of halogens is 2. The highest BCUT2D eigenvalue weighted by atomic mass is 79.9. The molecular formula is C12H9BrClN3O. The van der Waals surface area contributed by atoms with Crippen molar-refractivity contribution in [2.45, 2.75) is 0 Å². The van der Waals surface area contributed by atoms with Crippen LogP contribution in [0, 0.1) is 0 Å². The molecule has 1 aromatic carbocycles. The summed E-state index contributed by atoms with van der Waals surface area (Å²) in [4.78, 5) is 16.0. The second-order valence-corrected chi connectivity index (χ2v) is 4.85. The molecule has 3 N–H and O–H groups in total. The Balaban J connectivity index is 2.21. The standard InChI is InChI=1S/C12H9BrClN3O/c13-10-5-9(15)6-16-11(10)17-12(18)7-2-1-3-8(14)4-7/h1-6H,15H2,(H,16,17,18). The summed E-state index contributed by atoms with van der Waals surface area (Å²) in [5.74, 6) is 0.129. The zero-order valence-corrected chi connectivity index (χ0v) is 11.5. The third kappa shape index (κ3) is 3.00. The lowest BCUT2D eigenvalue weighted by atomic mass is 10.2. The lowest BCUT2D eigenvalue weighted by Gasteiger charge is -2.07. The van der Waals surface area contributed by atoms with Gasteiger partial charge in [0.05, 0.1) is 16.4 Å². The van der Waals surface area contributed by atoms with Crippen molar-refractivity contribution in [2.24, 2.45) is 0 Å². The summed E-state index contributed by atoms with van der Waals surface area (Å²) >= 11 is 9.10. The number of pyridine rings is 1. The van der Waals surface area contributed by atoms with Gasteiger partial charge in [0.25, 0.3) is 5.91 Å². The fourth-order valence-electron chi connectivity index (χ4n) is 1.35. The Morgan fingerprint density at radius 1 is 1.39 bits per heavy atom. The third-order valence-electron chi connectivity index (χ3n) is 2.18. The van der Waals surface area contributed by atoms with Gasteiger partial charge in [0, 0.05) is 10.6 Å². The van der Waals surface area contributed by atoms with Gasteiger partial charge in [-0.1, -0.05) is 17.7 Å². The van der Waals surface area contributed by atoms with Crippen LogP contribution in [0.1, 0.15) is 10.4 Å². The minimum Gasteiger partial charge on any atom is -0.397 e. The predicted octanol–water partition coefficient (Wildman–Crippen LogP) is 3.33. The number of nitrogens with one attached hydrogen (secondary N) is 1. The zero-order valence-electron chi connectivity index (χ0n) is 9.15. The topological polar surface area (TPSA) is 68.0 Å². The molecule has 0 unspecified atom stereocenters. The van der Waals surface area contributed by atoms with Gasteiger partial charge in [0.1, 0.15) is 5.82 Å². The summed E-state index contributed by atoms with van der Waals surface area (Å²) in [6.45, 7) is 0. The highest BCUT2D eigenvalue weighted by molar-refractivity contribution is 9.10. The Kier molecular flexibility index (Phi) is 3.84. The average Bonchev–Trinajstić information content (AvgIpc) is 2.32. The molecule has 18 heavy (non-hydrogen) atoms. The molecule has 0 aliphatic carbocycles. The van der Waals surface area contributed by atoms with Crippen LogP contribution in [-0.4, -0.2) is 10.9 Å². The van der Waals surface area contributed by atoms with E-state index in [0.717, 1.165) is 0 Å². The third-order valence-corrected chi connectivity index (χ3v) is 3.02. The SMILES string of the molecule is Nc1cnc(NC(=O)c2cccc(Cl)c2)c(Br)c1. The molecule has 0 bridgehead atoms. The van der Waals surface area contributed by atoms with Crippen LogP contribution >= 0.6 is 27.5 Å². The van der Waals surface area contributed by atoms with Gasteiger partial charge in [-0.25, -0.2) is 4.98 Å². The average molecular weight is 327 g/mol. The van der Waals surface area contributed by atoms with Gasteiger partial charge in [-0.2, -0.15) is 0 Å². The van der Waals surface area contributed by atoms with Crippen LogP contribution in [0.5, 0.6) is 0 Å². The number of benzene rings is 1. The van der Waals surface area contributed by atoms with Crippen molar-refractivity contribution >= 4 is 44.9 Å². The van der Waals surface area contributed by atoms with E-state index >= 15 is 0 Å². The molecule has 4 nitrogen and oxygen atoms in total. The molecule has 2 aromatic rings. The first kappa shape index (κ1) is 12.9. The number of aromatic nitrogens is 1. The number of anilines is 2. The van der Waals surface area contributed by atoms with Gasteiger partial charge in [0.2, 0.25) is 0 Å². The number of nitrogens with zero attached hydrogens (tertiary/aromatic N) is 1. The number of carbonyl (C=O) groups excluding carboxylic acids is 1. The molecule has 0 saturated heterocycles. The number of rotatable bonds is 2. The van der Waals surface area contributed by atoms with Crippen LogP contribution in [0.25, 0.3) is 0 Å². The quantitative estimate of drug-likeness (QED) is 0.889. The summed E-state index contributed by atoms with van der Waals surface area (Å²) in [5, 5.41) is 3.18. The van der Waals surface area contributed by atoms with Crippen LogP contribution in [-0.2, 0) is 0 Å². The van der Waals surface area contributed by atoms with E-state index in [1.807, 2.05) is 0 Å². The summed E-state index contributed by atoms with van der Waals surface area (Å²) in [7, 11) is 0. The van der Waals surface area contributed by atoms with Crippen LogP contribution in [0.2, 0.25) is 5.02 Å². The Labute approximate surface area is 117 Å². The Hall–Kier alpha value is -1.59. The number of nitrogen functional groups attached to an aromatic ring is 1. The number of hydrogen-bond acceptors (Lipinski definition) is 3. The van der Waals surface area contributed by atoms with Crippen molar-refractivity contribution in [1.82, 2.24) is 4.98 Å². The van der Waals surface area contributed by atoms with Crippen molar-refractivity contribution in [1.29, 1.82) is 0 Å². The normalized spacial score (nSPS) is 10.1. The highest BCUT2D eigenvalue weighted by Crippen LogP contribution is 2.22. The smallest absolute Gasteiger partial charge is 0.256 e. The molecule has 2 rings (SSSR count). The minimum atomic E-state index is -0.282. The van der Waals surface area contributed by atoms with E-state index in [-0.39, 0.29) is 5.91 Å². The lowest BCUT2D eigenvalue weighted by molar-refractivity contribution is 0.102. The van der Waals surface area contributed by atoms with Gasteiger partial charge in [-0.05, 0) is 40.2 Å². The van der Waals surface area contributed by atoms with Crippen molar-refractivity contribution in [3.63, 3.8) is 0 Å². The predicted molar refractivity (Wildman–Crippen MR) is 75.8 cm³/mol. The van der Waals surface area contributed by atoms with Gasteiger partial charge in [-0.3, -0.25) is 4.79 Å². The second-order valence-electron chi connectivity index (χ2n) is 3.56. The molecular weight excluding hydrogens is 318 g/mol. The molecule has 0 fully saturated rings. The van der Waals surface area contributed by atoms with Crippen molar-refractivity contribution in [3.8, 4) is 0 Å². The molecule has 1 heterocycles. The largest absolute Gasteiger partial charge is 0.397 e. The van der Waals surface area contributed by atoms with Crippen molar-refractivity contribution < 1.29 is 4.79 Å². The molecule has 0 atom stereocenters. The van der Waals surface area contributed by atoms with E-state index in [2.05, 4.69) is 26.2 Å². The molecule has 6 heteroatoms. The van der Waals surface area contributed by atoms with Gasteiger partial charge in [-0.15, -0.1) is 0 Å². The maximum Gasteiger partial charge on any atom is 0.256 e. The molecule has 0 aliphatic rings. The first-order valence-electron chi connectivity index (χ1n) is 5.04. The number of hydrogen-bond donors (Lipinski definition) is 2. The van der Waals surface area contributed by atoms with E-state index in [4.69, 9.17) is 17.3 Å². The molecule has 0 saturated carbocycles. The fourth-order valence-corrected chi connectivity index (χ4v) is 2.01. The summed E-state index contributed by atoms with van der Waals surface area (Å²) in [6, 6.07) is 8.34. The van der Waals surface area contributed by atoms with E-state index in [1.54, 1.807) is 30.3 Å². The maximum atomic E-state index is 11.9. The molecule has 0 spiro atoms. The Morgan fingerprint density at radius 2 is 2.17 bits per heavy atom. The molecule has 1 amide bonds. The van der Waals surface area contributed by atoms with Crippen LogP contribution < -0.4 is 11.1 Å². The van der Waals surface area contributed by atoms with Crippen molar-refractivity contribution in [3.05, 3.63) is 51.6 Å². The van der Waals surface area contributed by atoms with Crippen LogP contribution in [0.4, 0.5) is 11.5 Å². The van der Waals surface area contributed by atoms with Gasteiger partial charge < -0.3 is 11.1 Å². The van der Waals surface area contributed by atoms with Gasteiger partial charge in [0.15, 0.2) is 0 Å². The van der Waals surface area contributed by atoms with Crippen LogP contribution in [0.15, 0.2) is 41.0 Å². The van der Waals surface area contributed by atoms with Crippen LogP contribution in [0.3, 0.4) is 0 Å². The first-order valence-corrected chi connectivity index (χ1v) is 6.21. The van der Waals surface area contributed by atoms with Gasteiger partial charge >= 0.3 is 0 Å². The molecule has 0 radical (unpaired) electrons. The van der Waals surface area contributed by atoms with E-state index in [9.17, 15) is 4.79 Å². The highest BCUT2D eigenvalue weighted by Gasteiger charge is 2.09. The number of amides is 1. The Bertz CT molecular complexity index is 604. The maximum absolute atomic E-state index is 11.9. The number of nitrogens with two attached hydrogens (primary N) is 1. The number of carbonyl (C=O) groups is 1. The minimum absolute atomic E-state index is 0.282. The second kappa shape index (κ2) is 5.37. The first-order chi connectivity index (χ1) is 8.56. The Morgan fingerprint density at radius 3 is 2.83 bits per heavy atom. The summed E-state index contributed by atoms with van der Waals surface area (Å²) in [5.41, 5.74) is 6.55. The van der Waals surface area contributed by atoms with E-state index < -0.39 is 0 Å². The summed E-state index contributed by atoms with van der Waals surface area (Å²) in [6.07, 6.45) is 1.47. The summed E-state index contributed by atoms with van der Waals surface area (Å²) < 4.78 is 0.623. The lowest BCUT2D eigenvalue weighted by Crippen LogP contribution is -2.13.